The van der Waals surface area contributed by atoms with E-state index < -0.39 is 32.5 Å². The van der Waals surface area contributed by atoms with Gasteiger partial charge >= 0.3 is 0 Å². The van der Waals surface area contributed by atoms with Gasteiger partial charge in [-0.05, 0) is 80.1 Å². The summed E-state index contributed by atoms with van der Waals surface area (Å²) in [6, 6.07) is 25.4. The fraction of sp³-hybridized carbons (Fsp3) is 0.138. The Balaban J connectivity index is 1.56. The first-order valence-corrected chi connectivity index (χ1v) is 15.1. The third-order valence-electron chi connectivity index (χ3n) is 5.97. The van der Waals surface area contributed by atoms with Crippen molar-refractivity contribution >= 4 is 43.0 Å². The minimum atomic E-state index is -4.14. The van der Waals surface area contributed by atoms with E-state index in [0.29, 0.717) is 11.4 Å². The molecule has 0 bridgehead atoms. The van der Waals surface area contributed by atoms with Crippen LogP contribution in [0.3, 0.4) is 0 Å². The van der Waals surface area contributed by atoms with Crippen LogP contribution in [0.15, 0.2) is 107 Å². The van der Waals surface area contributed by atoms with Crippen LogP contribution in [0.5, 0.6) is 5.75 Å². The van der Waals surface area contributed by atoms with Crippen molar-refractivity contribution in [3.63, 3.8) is 0 Å². The van der Waals surface area contributed by atoms with Gasteiger partial charge in [-0.2, -0.15) is 0 Å². The molecule has 0 saturated heterocycles. The lowest BCUT2D eigenvalue weighted by atomic mass is 10.2. The van der Waals surface area contributed by atoms with Crippen LogP contribution in [0.4, 0.5) is 17.1 Å². The Morgan fingerprint density at radius 1 is 0.750 bits per heavy atom. The number of anilines is 3. The van der Waals surface area contributed by atoms with Crippen LogP contribution < -0.4 is 19.1 Å². The zero-order valence-electron chi connectivity index (χ0n) is 22.2. The smallest absolute Gasteiger partial charge is 0.264 e. The summed E-state index contributed by atoms with van der Waals surface area (Å²) in [6.45, 7) is 3.15. The van der Waals surface area contributed by atoms with Crippen LogP contribution in [0.25, 0.3) is 0 Å². The third-order valence-corrected chi connectivity index (χ3v) is 9.14. The number of sulfonamides is 2. The molecule has 4 aromatic rings. The molecule has 40 heavy (non-hydrogen) atoms. The predicted octanol–water partition coefficient (Wildman–Crippen LogP) is 4.95. The predicted molar refractivity (Wildman–Crippen MR) is 156 cm³/mol. The van der Waals surface area contributed by atoms with Crippen molar-refractivity contribution in [2.75, 3.05) is 28.0 Å². The summed E-state index contributed by atoms with van der Waals surface area (Å²) < 4.78 is 61.7. The van der Waals surface area contributed by atoms with Gasteiger partial charge in [-0.25, -0.2) is 16.8 Å². The average molecular weight is 580 g/mol. The summed E-state index contributed by atoms with van der Waals surface area (Å²) in [7, 11) is -6.58. The number of benzene rings is 4. The first-order valence-electron chi connectivity index (χ1n) is 12.2. The van der Waals surface area contributed by atoms with Crippen LogP contribution in [0, 0.1) is 13.8 Å². The number of hydrogen-bond donors (Lipinski definition) is 2. The maximum atomic E-state index is 13.6. The molecule has 11 heteroatoms. The van der Waals surface area contributed by atoms with Crippen LogP contribution in [0.1, 0.15) is 11.1 Å². The second kappa shape index (κ2) is 11.8. The van der Waals surface area contributed by atoms with E-state index in [1.165, 1.54) is 43.5 Å². The lowest BCUT2D eigenvalue weighted by Crippen LogP contribution is -2.38. The highest BCUT2D eigenvalue weighted by atomic mass is 32.2. The van der Waals surface area contributed by atoms with Crippen molar-refractivity contribution in [2.24, 2.45) is 0 Å². The standard InChI is InChI=1S/C29H29N3O6S2/c1-21-11-15-26(16-12-21)40(36,37)32(27-9-4-5-10-28(27)38-3)20-29(33)30-23-13-17-25(18-14-23)39(34,35)31-24-8-6-7-22(2)19-24/h4-19,31H,20H2,1-3H3,(H,30,33). The fourth-order valence-corrected chi connectivity index (χ4v) is 6.42. The van der Waals surface area contributed by atoms with Crippen molar-refractivity contribution < 1.29 is 26.4 Å². The second-order valence-electron chi connectivity index (χ2n) is 9.04. The number of para-hydroxylation sites is 2. The lowest BCUT2D eigenvalue weighted by molar-refractivity contribution is -0.114. The number of methoxy groups -OCH3 is 1. The summed E-state index contributed by atoms with van der Waals surface area (Å²) in [4.78, 5) is 13.1. The van der Waals surface area contributed by atoms with E-state index in [1.807, 2.05) is 19.9 Å². The Kier molecular flexibility index (Phi) is 8.46. The van der Waals surface area contributed by atoms with Crippen LogP contribution in [0.2, 0.25) is 0 Å². The molecule has 0 radical (unpaired) electrons. The zero-order chi connectivity index (χ0) is 28.9. The summed E-state index contributed by atoms with van der Waals surface area (Å²) in [5.41, 5.74) is 2.73. The molecule has 0 aromatic heterocycles. The molecule has 2 N–H and O–H groups in total. The van der Waals surface area contributed by atoms with Gasteiger partial charge in [-0.3, -0.25) is 13.8 Å². The first-order chi connectivity index (χ1) is 19.0. The molecule has 1 amide bonds. The number of nitrogens with zero attached hydrogens (tertiary/aromatic N) is 1. The van der Waals surface area contributed by atoms with Crippen molar-refractivity contribution in [3.05, 3.63) is 108 Å². The number of aryl methyl sites for hydroxylation is 2. The minimum Gasteiger partial charge on any atom is -0.495 e. The van der Waals surface area contributed by atoms with E-state index in [2.05, 4.69) is 10.0 Å². The summed E-state index contributed by atoms with van der Waals surface area (Å²) in [5.74, 6) is -0.350. The number of ether oxygens (including phenoxy) is 1. The van der Waals surface area contributed by atoms with Gasteiger partial charge < -0.3 is 10.1 Å². The molecule has 0 aliphatic rings. The highest BCUT2D eigenvalue weighted by molar-refractivity contribution is 7.93. The van der Waals surface area contributed by atoms with Gasteiger partial charge in [0, 0.05) is 11.4 Å². The molecule has 0 spiro atoms. The molecule has 0 aliphatic heterocycles. The molecule has 0 unspecified atom stereocenters. The summed E-state index contributed by atoms with van der Waals surface area (Å²) in [5, 5.41) is 2.65. The van der Waals surface area contributed by atoms with Gasteiger partial charge in [0.1, 0.15) is 12.3 Å². The number of hydrogen-bond acceptors (Lipinski definition) is 6. The topological polar surface area (TPSA) is 122 Å². The molecular formula is C29H29N3O6S2. The second-order valence-corrected chi connectivity index (χ2v) is 12.6. The molecular weight excluding hydrogens is 550 g/mol. The van der Waals surface area contributed by atoms with E-state index in [1.54, 1.807) is 54.6 Å². The number of carbonyl (C=O) groups excluding carboxylic acids is 1. The van der Waals surface area contributed by atoms with Crippen LogP contribution in [-0.4, -0.2) is 36.4 Å². The van der Waals surface area contributed by atoms with Gasteiger partial charge in [-0.1, -0.05) is 42.0 Å². The molecule has 0 saturated carbocycles. The van der Waals surface area contributed by atoms with Crippen molar-refractivity contribution in [1.82, 2.24) is 0 Å². The molecule has 9 nitrogen and oxygen atoms in total. The molecule has 0 heterocycles. The Labute approximate surface area is 234 Å². The normalized spacial score (nSPS) is 11.5. The number of carbonyl (C=O) groups is 1. The molecule has 0 atom stereocenters. The van der Waals surface area contributed by atoms with Crippen LogP contribution >= 0.6 is 0 Å². The van der Waals surface area contributed by atoms with Crippen molar-refractivity contribution in [1.29, 1.82) is 0 Å². The van der Waals surface area contributed by atoms with Crippen molar-refractivity contribution in [2.45, 2.75) is 23.6 Å². The average Bonchev–Trinajstić information content (AvgIpc) is 2.92. The third kappa shape index (κ3) is 6.61. The highest BCUT2D eigenvalue weighted by Gasteiger charge is 2.29. The molecule has 0 fully saturated rings. The van der Waals surface area contributed by atoms with E-state index >= 15 is 0 Å². The molecule has 208 valence electrons. The fourth-order valence-electron chi connectivity index (χ4n) is 3.94. The Hall–Kier alpha value is -4.35. The van der Waals surface area contributed by atoms with E-state index in [0.717, 1.165) is 15.4 Å². The molecule has 4 rings (SSSR count). The van der Waals surface area contributed by atoms with E-state index in [9.17, 15) is 21.6 Å². The number of rotatable bonds is 10. The monoisotopic (exact) mass is 579 g/mol. The molecule has 0 aliphatic carbocycles. The van der Waals surface area contributed by atoms with Gasteiger partial charge in [-0.15, -0.1) is 0 Å². The van der Waals surface area contributed by atoms with E-state index in [-0.39, 0.29) is 21.2 Å². The highest BCUT2D eigenvalue weighted by Crippen LogP contribution is 2.32. The SMILES string of the molecule is COc1ccccc1N(CC(=O)Nc1ccc(S(=O)(=O)Nc2cccc(C)c2)cc1)S(=O)(=O)c1ccc(C)cc1. The van der Waals surface area contributed by atoms with Crippen LogP contribution in [-0.2, 0) is 24.8 Å². The largest absolute Gasteiger partial charge is 0.495 e. The quantitative estimate of drug-likeness (QED) is 0.274. The summed E-state index contributed by atoms with van der Waals surface area (Å²) in [6.07, 6.45) is 0. The summed E-state index contributed by atoms with van der Waals surface area (Å²) >= 11 is 0. The van der Waals surface area contributed by atoms with Gasteiger partial charge in [0.2, 0.25) is 5.91 Å². The zero-order valence-corrected chi connectivity index (χ0v) is 23.8. The maximum Gasteiger partial charge on any atom is 0.264 e. The van der Waals surface area contributed by atoms with Crippen molar-refractivity contribution in [3.8, 4) is 5.75 Å². The minimum absolute atomic E-state index is 0.00426. The molecule has 4 aromatic carbocycles. The van der Waals surface area contributed by atoms with Gasteiger partial charge in [0.15, 0.2) is 0 Å². The van der Waals surface area contributed by atoms with Gasteiger partial charge in [0.25, 0.3) is 20.0 Å². The first kappa shape index (κ1) is 28.7. The number of amides is 1. The number of nitrogens with one attached hydrogen (secondary N) is 2. The van der Waals surface area contributed by atoms with E-state index in [4.69, 9.17) is 4.74 Å². The lowest BCUT2D eigenvalue weighted by Gasteiger charge is -2.25. The Morgan fingerprint density at radius 3 is 2.05 bits per heavy atom. The Morgan fingerprint density at radius 2 is 1.40 bits per heavy atom. The Bertz CT molecular complexity index is 1720. The van der Waals surface area contributed by atoms with Gasteiger partial charge in [0.05, 0.1) is 22.6 Å². The maximum absolute atomic E-state index is 13.6.